The molecular formula is C30H27ClF3N7O2. The van der Waals surface area contributed by atoms with Crippen LogP contribution in [0, 0.1) is 38.4 Å². The number of piperidine rings is 1. The third kappa shape index (κ3) is 5.03. The fourth-order valence-electron chi connectivity index (χ4n) is 5.62. The third-order valence-electron chi connectivity index (χ3n) is 8.31. The molecule has 3 atom stereocenters. The first-order valence-corrected chi connectivity index (χ1v) is 14.1. The lowest BCUT2D eigenvalue weighted by Crippen LogP contribution is -2.29. The van der Waals surface area contributed by atoms with Gasteiger partial charge < -0.3 is 10.2 Å². The van der Waals surface area contributed by atoms with Crippen LogP contribution in [0.3, 0.4) is 0 Å². The Morgan fingerprint density at radius 3 is 2.58 bits per heavy atom. The van der Waals surface area contributed by atoms with Crippen LogP contribution in [0.25, 0.3) is 11.3 Å². The van der Waals surface area contributed by atoms with E-state index in [1.165, 1.54) is 13.1 Å². The maximum atomic E-state index is 14.8. The van der Waals surface area contributed by atoms with Gasteiger partial charge in [0.15, 0.2) is 5.82 Å². The Bertz CT molecular complexity index is 1790. The molecule has 1 aliphatic heterocycles. The number of nitrogens with zero attached hydrogens (tertiary/aromatic N) is 6. The average Bonchev–Trinajstić information content (AvgIpc) is 3.47. The molecule has 3 aromatic heterocycles. The van der Waals surface area contributed by atoms with E-state index in [2.05, 4.69) is 25.4 Å². The molecule has 1 saturated heterocycles. The highest BCUT2D eigenvalue weighted by molar-refractivity contribution is 6.31. The van der Waals surface area contributed by atoms with E-state index in [1.807, 2.05) is 25.7 Å². The number of hydrogen-bond acceptors (Lipinski definition) is 6. The van der Waals surface area contributed by atoms with E-state index in [-0.39, 0.29) is 40.0 Å². The molecule has 2 aliphatic rings. The number of hydrogen-bond donors (Lipinski definition) is 1. The molecular weight excluding hydrogens is 583 g/mol. The zero-order valence-electron chi connectivity index (χ0n) is 23.7. The topological polar surface area (TPSA) is 106 Å². The summed E-state index contributed by atoms with van der Waals surface area (Å²) in [5.41, 5.74) is 2.54. The molecule has 1 aliphatic carbocycles. The summed E-state index contributed by atoms with van der Waals surface area (Å²) in [5.74, 6) is -0.978. The van der Waals surface area contributed by atoms with Gasteiger partial charge in [-0.15, -0.1) is 0 Å². The molecule has 2 fully saturated rings. The van der Waals surface area contributed by atoms with Crippen molar-refractivity contribution in [2.45, 2.75) is 46.6 Å². The van der Waals surface area contributed by atoms with Gasteiger partial charge in [0.25, 0.3) is 12.3 Å². The predicted molar refractivity (Wildman–Crippen MR) is 154 cm³/mol. The van der Waals surface area contributed by atoms with Crippen LogP contribution in [-0.2, 0) is 4.79 Å². The molecule has 0 radical (unpaired) electrons. The number of aromatic nitrogens is 5. The number of halogens is 4. The number of nitrogens with one attached hydrogen (secondary N) is 1. The number of fused-ring (bicyclic) bond motifs is 1. The van der Waals surface area contributed by atoms with Gasteiger partial charge >= 0.3 is 0 Å². The Morgan fingerprint density at radius 2 is 1.88 bits per heavy atom. The van der Waals surface area contributed by atoms with Gasteiger partial charge in [-0.2, -0.15) is 5.10 Å². The lowest BCUT2D eigenvalue weighted by Gasteiger charge is -2.23. The van der Waals surface area contributed by atoms with E-state index in [1.54, 1.807) is 17.1 Å². The lowest BCUT2D eigenvalue weighted by atomic mass is 10.0. The summed E-state index contributed by atoms with van der Waals surface area (Å²) in [6, 6.07) is 1.76. The van der Waals surface area contributed by atoms with E-state index in [4.69, 9.17) is 11.6 Å². The van der Waals surface area contributed by atoms with Gasteiger partial charge in [-0.1, -0.05) is 17.7 Å². The molecule has 4 aromatic rings. The maximum absolute atomic E-state index is 14.8. The summed E-state index contributed by atoms with van der Waals surface area (Å²) in [6.45, 7) is 8.12. The third-order valence-corrected chi connectivity index (χ3v) is 8.60. The Kier molecular flexibility index (Phi) is 7.19. The van der Waals surface area contributed by atoms with Crippen molar-refractivity contribution in [3.63, 3.8) is 0 Å². The molecule has 9 nitrogen and oxygen atoms in total. The fraction of sp³-hybridized carbons (Fsp3) is 0.333. The highest BCUT2D eigenvalue weighted by Gasteiger charge is 2.52. The van der Waals surface area contributed by atoms with Crippen molar-refractivity contribution in [2.75, 3.05) is 16.8 Å². The summed E-state index contributed by atoms with van der Waals surface area (Å²) >= 11 is 5.84. The molecule has 222 valence electrons. The number of carbonyl (C=O) groups excluding carboxylic acids is 2. The quantitative estimate of drug-likeness (QED) is 0.266. The largest absolute Gasteiger partial charge is 0.318 e. The van der Waals surface area contributed by atoms with Crippen LogP contribution in [0.4, 0.5) is 24.5 Å². The minimum Gasteiger partial charge on any atom is -0.318 e. The Balaban J connectivity index is 1.22. The zero-order valence-corrected chi connectivity index (χ0v) is 24.5. The summed E-state index contributed by atoms with van der Waals surface area (Å²) in [7, 11) is 0. The van der Waals surface area contributed by atoms with Crippen LogP contribution in [0.2, 0.25) is 5.02 Å². The molecule has 6 rings (SSSR count). The summed E-state index contributed by atoms with van der Waals surface area (Å²) in [5, 5.41) is 6.73. The number of rotatable bonds is 7. The molecule has 0 spiro atoms. The van der Waals surface area contributed by atoms with Crippen LogP contribution in [-0.4, -0.2) is 43.1 Å². The number of pyridine rings is 1. The number of amides is 2. The van der Waals surface area contributed by atoms with Crippen LogP contribution in [0.15, 0.2) is 36.9 Å². The minimum absolute atomic E-state index is 0.154. The standard InChI is InChI=1S/C30H27ClF3N7O2/c1-13-14(2)26(36-10-23(13)40-11-17-7-20(17)30(40)43)16(4)41-12-18(8-37-41)38-29(42)27-15(3)35-9-22(39-27)24-19(28(33)34)5-6-21(31)25(24)32/h5-6,8-10,12,16-17,20,28H,7,11H2,1-4H3,(H,38,42)/t16-,17-,20-/m1/s1. The Hall–Kier alpha value is -4.32. The van der Waals surface area contributed by atoms with Crippen molar-refractivity contribution < 1.29 is 22.8 Å². The number of alkyl halides is 2. The first kappa shape index (κ1) is 28.8. The molecule has 0 bridgehead atoms. The van der Waals surface area contributed by atoms with Gasteiger partial charge in [0.2, 0.25) is 5.91 Å². The molecule has 4 heterocycles. The highest BCUT2D eigenvalue weighted by atomic mass is 35.5. The van der Waals surface area contributed by atoms with E-state index in [9.17, 15) is 22.8 Å². The van der Waals surface area contributed by atoms with E-state index < -0.39 is 29.3 Å². The normalized spacial score (nSPS) is 18.3. The van der Waals surface area contributed by atoms with Gasteiger partial charge in [0.05, 0.1) is 58.1 Å². The van der Waals surface area contributed by atoms with Crippen molar-refractivity contribution in [3.05, 3.63) is 81.5 Å². The minimum atomic E-state index is -3.00. The van der Waals surface area contributed by atoms with Crippen molar-refractivity contribution in [1.29, 1.82) is 0 Å². The second-order valence-electron chi connectivity index (χ2n) is 11.0. The second kappa shape index (κ2) is 10.7. The van der Waals surface area contributed by atoms with Crippen LogP contribution in [0.5, 0.6) is 0 Å². The first-order chi connectivity index (χ1) is 20.5. The number of benzene rings is 1. The van der Waals surface area contributed by atoms with Gasteiger partial charge in [0.1, 0.15) is 5.69 Å². The predicted octanol–water partition coefficient (Wildman–Crippen LogP) is 6.23. The van der Waals surface area contributed by atoms with Crippen molar-refractivity contribution >= 4 is 34.8 Å². The van der Waals surface area contributed by atoms with E-state index in [0.717, 1.165) is 53.8 Å². The molecule has 43 heavy (non-hydrogen) atoms. The number of aryl methyl sites for hydroxylation is 1. The van der Waals surface area contributed by atoms with Crippen LogP contribution < -0.4 is 10.2 Å². The van der Waals surface area contributed by atoms with Gasteiger partial charge in [-0.25, -0.2) is 18.2 Å². The maximum Gasteiger partial charge on any atom is 0.276 e. The average molecular weight is 610 g/mol. The summed E-state index contributed by atoms with van der Waals surface area (Å²) < 4.78 is 43.8. The Labute approximate surface area is 250 Å². The zero-order chi connectivity index (χ0) is 30.7. The van der Waals surface area contributed by atoms with E-state index >= 15 is 0 Å². The number of carbonyl (C=O) groups is 2. The monoisotopic (exact) mass is 609 g/mol. The first-order valence-electron chi connectivity index (χ1n) is 13.7. The Morgan fingerprint density at radius 1 is 1.12 bits per heavy atom. The van der Waals surface area contributed by atoms with Crippen molar-refractivity contribution in [3.8, 4) is 11.3 Å². The summed E-state index contributed by atoms with van der Waals surface area (Å²) in [4.78, 5) is 40.6. The summed E-state index contributed by atoms with van der Waals surface area (Å²) in [6.07, 6.45) is 3.92. The number of anilines is 2. The van der Waals surface area contributed by atoms with E-state index in [0.29, 0.717) is 11.6 Å². The van der Waals surface area contributed by atoms with Crippen LogP contribution >= 0.6 is 11.6 Å². The fourth-order valence-corrected chi connectivity index (χ4v) is 5.78. The smallest absolute Gasteiger partial charge is 0.276 e. The van der Waals surface area contributed by atoms with Crippen LogP contribution in [0.1, 0.15) is 64.4 Å². The van der Waals surface area contributed by atoms with Gasteiger partial charge in [0, 0.05) is 29.8 Å². The van der Waals surface area contributed by atoms with Crippen molar-refractivity contribution in [1.82, 2.24) is 24.7 Å². The van der Waals surface area contributed by atoms with Gasteiger partial charge in [-0.05, 0) is 57.2 Å². The SMILES string of the molecule is Cc1ncc(-c2c(C(F)F)ccc(Cl)c2F)nc1C(=O)Nc1cnn([C@H](C)c2ncc(N3C[C@H]4C[C@H]4C3=O)c(C)c2C)c1. The lowest BCUT2D eigenvalue weighted by molar-refractivity contribution is -0.118. The van der Waals surface area contributed by atoms with Crippen molar-refractivity contribution in [2.24, 2.45) is 11.8 Å². The molecule has 2 amide bonds. The molecule has 1 saturated carbocycles. The molecule has 1 aromatic carbocycles. The molecule has 0 unspecified atom stereocenters. The highest BCUT2D eigenvalue weighted by Crippen LogP contribution is 2.48. The molecule has 13 heteroatoms. The second-order valence-corrected chi connectivity index (χ2v) is 11.4. The molecule has 1 N–H and O–H groups in total. The van der Waals surface area contributed by atoms with Gasteiger partial charge in [-0.3, -0.25) is 24.2 Å².